The van der Waals surface area contributed by atoms with Crippen LogP contribution < -0.4 is 5.32 Å². The lowest BCUT2D eigenvalue weighted by Crippen LogP contribution is -2.28. The zero-order valence-corrected chi connectivity index (χ0v) is 10.3. The quantitative estimate of drug-likeness (QED) is 0.832. The molecule has 1 saturated heterocycles. The number of piperidine rings is 1. The lowest BCUT2D eigenvalue weighted by molar-refractivity contribution is 0.372. The molecule has 2 nitrogen and oxygen atoms in total. The van der Waals surface area contributed by atoms with Gasteiger partial charge in [0.05, 0.1) is 0 Å². The molecular weight excluding hydrogens is 222 g/mol. The fourth-order valence-corrected chi connectivity index (χ4v) is 2.55. The van der Waals surface area contributed by atoms with E-state index in [1.165, 1.54) is 12.8 Å². The molecule has 1 fully saturated rings. The number of hydrogen-bond donors (Lipinski definition) is 2. The van der Waals surface area contributed by atoms with Gasteiger partial charge in [0.25, 0.3) is 0 Å². The molecule has 88 valence electrons. The zero-order chi connectivity index (χ0) is 11.5. The standard InChI is InChI=1S/C13H18ClNO/c1-9-6-12(16)8-11(13(9)14)7-10-2-4-15-5-3-10/h6,8,10,15-16H,2-5,7H2,1H3. The fraction of sp³-hybridized carbons (Fsp3) is 0.538. The van der Waals surface area contributed by atoms with Crippen molar-refractivity contribution in [3.63, 3.8) is 0 Å². The van der Waals surface area contributed by atoms with Crippen molar-refractivity contribution in [3.05, 3.63) is 28.3 Å². The predicted molar refractivity (Wildman–Crippen MR) is 67.2 cm³/mol. The Morgan fingerprint density at radius 2 is 2.06 bits per heavy atom. The van der Waals surface area contributed by atoms with E-state index in [1.54, 1.807) is 12.1 Å². The summed E-state index contributed by atoms with van der Waals surface area (Å²) in [4.78, 5) is 0. The van der Waals surface area contributed by atoms with E-state index in [0.717, 1.165) is 35.7 Å². The molecule has 16 heavy (non-hydrogen) atoms. The van der Waals surface area contributed by atoms with Gasteiger partial charge in [0, 0.05) is 5.02 Å². The van der Waals surface area contributed by atoms with Crippen LogP contribution in [0.25, 0.3) is 0 Å². The maximum Gasteiger partial charge on any atom is 0.116 e. The van der Waals surface area contributed by atoms with Crippen LogP contribution in [0.15, 0.2) is 12.1 Å². The second kappa shape index (κ2) is 5.07. The van der Waals surface area contributed by atoms with Crippen molar-refractivity contribution in [2.45, 2.75) is 26.2 Å². The molecule has 0 unspecified atom stereocenters. The van der Waals surface area contributed by atoms with Crippen molar-refractivity contribution in [2.75, 3.05) is 13.1 Å². The summed E-state index contributed by atoms with van der Waals surface area (Å²) in [5.41, 5.74) is 2.05. The van der Waals surface area contributed by atoms with Gasteiger partial charge < -0.3 is 10.4 Å². The molecule has 0 aromatic heterocycles. The third-order valence-corrected chi connectivity index (χ3v) is 3.82. The van der Waals surface area contributed by atoms with Crippen LogP contribution in [-0.2, 0) is 6.42 Å². The molecule has 0 saturated carbocycles. The third-order valence-electron chi connectivity index (χ3n) is 3.28. The Labute approximate surface area is 102 Å². The first-order chi connectivity index (χ1) is 7.66. The number of benzene rings is 1. The molecule has 0 atom stereocenters. The Morgan fingerprint density at radius 1 is 1.38 bits per heavy atom. The average molecular weight is 240 g/mol. The minimum atomic E-state index is 0.325. The third kappa shape index (κ3) is 2.69. The Balaban J connectivity index is 2.13. The summed E-state index contributed by atoms with van der Waals surface area (Å²) in [7, 11) is 0. The van der Waals surface area contributed by atoms with Crippen molar-refractivity contribution in [2.24, 2.45) is 5.92 Å². The summed E-state index contributed by atoms with van der Waals surface area (Å²) in [5.74, 6) is 1.02. The molecule has 1 aliphatic rings. The maximum absolute atomic E-state index is 9.58. The van der Waals surface area contributed by atoms with Crippen LogP contribution in [0.5, 0.6) is 5.75 Å². The SMILES string of the molecule is Cc1cc(O)cc(CC2CCNCC2)c1Cl. The molecular formula is C13H18ClNO. The van der Waals surface area contributed by atoms with Gasteiger partial charge in [0.2, 0.25) is 0 Å². The second-order valence-corrected chi connectivity index (χ2v) is 5.01. The van der Waals surface area contributed by atoms with Crippen molar-refractivity contribution in [1.29, 1.82) is 0 Å². The number of nitrogens with one attached hydrogen (secondary N) is 1. The fourth-order valence-electron chi connectivity index (χ4n) is 2.37. The van der Waals surface area contributed by atoms with Gasteiger partial charge >= 0.3 is 0 Å². The number of aryl methyl sites for hydroxylation is 1. The Bertz CT molecular complexity index is 372. The summed E-state index contributed by atoms with van der Waals surface area (Å²) in [5, 5.41) is 13.7. The first-order valence-corrected chi connectivity index (χ1v) is 6.23. The second-order valence-electron chi connectivity index (χ2n) is 4.63. The molecule has 2 N–H and O–H groups in total. The molecule has 0 aliphatic carbocycles. The zero-order valence-electron chi connectivity index (χ0n) is 9.59. The van der Waals surface area contributed by atoms with Crippen LogP contribution in [0.1, 0.15) is 24.0 Å². The maximum atomic E-state index is 9.58. The van der Waals surface area contributed by atoms with Gasteiger partial charge in [-0.15, -0.1) is 0 Å². The predicted octanol–water partition coefficient (Wildman–Crippen LogP) is 2.90. The average Bonchev–Trinajstić information content (AvgIpc) is 2.27. The summed E-state index contributed by atoms with van der Waals surface area (Å²) >= 11 is 6.26. The van der Waals surface area contributed by atoms with E-state index in [0.29, 0.717) is 11.7 Å². The van der Waals surface area contributed by atoms with Gasteiger partial charge in [0.15, 0.2) is 0 Å². The summed E-state index contributed by atoms with van der Waals surface area (Å²) in [6, 6.07) is 3.52. The first kappa shape index (κ1) is 11.7. The molecule has 1 aliphatic heterocycles. The highest BCUT2D eigenvalue weighted by Gasteiger charge is 2.16. The van der Waals surface area contributed by atoms with Crippen molar-refractivity contribution < 1.29 is 5.11 Å². The number of hydrogen-bond acceptors (Lipinski definition) is 2. The van der Waals surface area contributed by atoms with Crippen molar-refractivity contribution in [3.8, 4) is 5.75 Å². The largest absolute Gasteiger partial charge is 0.508 e. The molecule has 1 aromatic carbocycles. The molecule has 2 rings (SSSR count). The van der Waals surface area contributed by atoms with Gasteiger partial charge in [-0.05, 0) is 68.5 Å². The monoisotopic (exact) mass is 239 g/mol. The number of phenolic OH excluding ortho intramolecular Hbond substituents is 1. The van der Waals surface area contributed by atoms with E-state index in [1.807, 2.05) is 6.92 Å². The van der Waals surface area contributed by atoms with Crippen LogP contribution >= 0.6 is 11.6 Å². The first-order valence-electron chi connectivity index (χ1n) is 5.85. The van der Waals surface area contributed by atoms with Gasteiger partial charge in [-0.25, -0.2) is 0 Å². The Hall–Kier alpha value is -0.730. The van der Waals surface area contributed by atoms with Gasteiger partial charge in [-0.1, -0.05) is 11.6 Å². The van der Waals surface area contributed by atoms with Crippen LogP contribution in [0, 0.1) is 12.8 Å². The van der Waals surface area contributed by atoms with E-state index >= 15 is 0 Å². The van der Waals surface area contributed by atoms with Gasteiger partial charge in [-0.3, -0.25) is 0 Å². The van der Waals surface area contributed by atoms with Crippen LogP contribution in [0.3, 0.4) is 0 Å². The minimum absolute atomic E-state index is 0.325. The molecule has 1 heterocycles. The van der Waals surface area contributed by atoms with E-state index in [9.17, 15) is 5.11 Å². The lowest BCUT2D eigenvalue weighted by atomic mass is 9.90. The summed E-state index contributed by atoms with van der Waals surface area (Å²) in [6.07, 6.45) is 3.38. The van der Waals surface area contributed by atoms with E-state index in [-0.39, 0.29) is 0 Å². The lowest BCUT2D eigenvalue weighted by Gasteiger charge is -2.23. The van der Waals surface area contributed by atoms with Gasteiger partial charge in [-0.2, -0.15) is 0 Å². The summed E-state index contributed by atoms with van der Waals surface area (Å²) < 4.78 is 0. The smallest absolute Gasteiger partial charge is 0.116 e. The topological polar surface area (TPSA) is 32.3 Å². The highest BCUT2D eigenvalue weighted by Crippen LogP contribution is 2.29. The highest BCUT2D eigenvalue weighted by atomic mass is 35.5. The number of rotatable bonds is 2. The van der Waals surface area contributed by atoms with Crippen LogP contribution in [-0.4, -0.2) is 18.2 Å². The highest BCUT2D eigenvalue weighted by molar-refractivity contribution is 6.32. The van der Waals surface area contributed by atoms with Crippen molar-refractivity contribution in [1.82, 2.24) is 5.32 Å². The number of aromatic hydroxyl groups is 1. The Morgan fingerprint density at radius 3 is 2.75 bits per heavy atom. The van der Waals surface area contributed by atoms with E-state index < -0.39 is 0 Å². The minimum Gasteiger partial charge on any atom is -0.508 e. The molecule has 0 radical (unpaired) electrons. The molecule has 3 heteroatoms. The number of halogens is 1. The van der Waals surface area contributed by atoms with Crippen LogP contribution in [0.4, 0.5) is 0 Å². The number of phenols is 1. The Kier molecular flexibility index (Phi) is 3.72. The molecule has 1 aromatic rings. The normalized spacial score (nSPS) is 17.6. The molecule has 0 spiro atoms. The van der Waals surface area contributed by atoms with Crippen molar-refractivity contribution >= 4 is 11.6 Å². The van der Waals surface area contributed by atoms with E-state index in [4.69, 9.17) is 11.6 Å². The van der Waals surface area contributed by atoms with Gasteiger partial charge in [0.1, 0.15) is 5.75 Å². The van der Waals surface area contributed by atoms with Crippen LogP contribution in [0.2, 0.25) is 5.02 Å². The summed E-state index contributed by atoms with van der Waals surface area (Å²) in [6.45, 7) is 4.13. The van der Waals surface area contributed by atoms with E-state index in [2.05, 4.69) is 5.32 Å². The molecule has 0 bridgehead atoms. The molecule has 0 amide bonds.